The first-order valence-electron chi connectivity index (χ1n) is 6.65. The number of rotatable bonds is 4. The van der Waals surface area contributed by atoms with Gasteiger partial charge in [-0.2, -0.15) is 5.10 Å². The first-order valence-corrected chi connectivity index (χ1v) is 6.65. The standard InChI is InChI=1S/C12H22N6O.HI/c1-4-14-12(13-2)15-9-5-6-11-16-10(8-19-3)17-18(11)7-9;/h9H,4-8H2,1-3H3,(H2,13,14,15);1H. The molecule has 0 saturated heterocycles. The monoisotopic (exact) mass is 394 g/mol. The second-order valence-corrected chi connectivity index (χ2v) is 4.54. The van der Waals surface area contributed by atoms with Crippen molar-refractivity contribution in [2.75, 3.05) is 20.7 Å². The van der Waals surface area contributed by atoms with Crippen LogP contribution in [-0.4, -0.2) is 47.5 Å². The Balaban J connectivity index is 0.00000200. The number of nitrogens with zero attached hydrogens (tertiary/aromatic N) is 4. The molecule has 0 amide bonds. The number of fused-ring (bicyclic) bond motifs is 1. The number of hydrogen-bond acceptors (Lipinski definition) is 4. The molecule has 1 aromatic heterocycles. The van der Waals surface area contributed by atoms with Gasteiger partial charge in [0.05, 0.1) is 6.54 Å². The van der Waals surface area contributed by atoms with E-state index in [2.05, 4.69) is 32.6 Å². The van der Waals surface area contributed by atoms with Crippen molar-refractivity contribution in [2.24, 2.45) is 4.99 Å². The minimum atomic E-state index is 0. The summed E-state index contributed by atoms with van der Waals surface area (Å²) in [5.74, 6) is 2.64. The van der Waals surface area contributed by atoms with Gasteiger partial charge in [-0.1, -0.05) is 0 Å². The summed E-state index contributed by atoms with van der Waals surface area (Å²) < 4.78 is 7.03. The molecule has 0 aliphatic carbocycles. The molecular weight excluding hydrogens is 371 g/mol. The number of methoxy groups -OCH3 is 1. The molecule has 0 radical (unpaired) electrons. The first-order chi connectivity index (χ1) is 9.26. The lowest BCUT2D eigenvalue weighted by Gasteiger charge is -2.25. The third-order valence-corrected chi connectivity index (χ3v) is 3.08. The molecule has 1 aromatic rings. The van der Waals surface area contributed by atoms with Crippen molar-refractivity contribution in [1.82, 2.24) is 25.4 Å². The molecule has 7 nitrogen and oxygen atoms in total. The maximum absolute atomic E-state index is 5.06. The maximum Gasteiger partial charge on any atom is 0.191 e. The van der Waals surface area contributed by atoms with Gasteiger partial charge < -0.3 is 15.4 Å². The Morgan fingerprint density at radius 2 is 2.35 bits per heavy atom. The summed E-state index contributed by atoms with van der Waals surface area (Å²) in [5, 5.41) is 11.1. The van der Waals surface area contributed by atoms with Crippen LogP contribution in [-0.2, 0) is 24.3 Å². The van der Waals surface area contributed by atoms with Crippen molar-refractivity contribution in [2.45, 2.75) is 39.0 Å². The molecule has 114 valence electrons. The highest BCUT2D eigenvalue weighted by molar-refractivity contribution is 14.0. The van der Waals surface area contributed by atoms with Gasteiger partial charge in [-0.05, 0) is 13.3 Å². The highest BCUT2D eigenvalue weighted by Crippen LogP contribution is 2.13. The summed E-state index contributed by atoms with van der Waals surface area (Å²) in [6.07, 6.45) is 1.97. The van der Waals surface area contributed by atoms with Crippen molar-refractivity contribution in [1.29, 1.82) is 0 Å². The summed E-state index contributed by atoms with van der Waals surface area (Å²) in [6.45, 7) is 4.20. The third-order valence-electron chi connectivity index (χ3n) is 3.08. The summed E-state index contributed by atoms with van der Waals surface area (Å²) in [6, 6.07) is 0.336. The molecule has 2 heterocycles. The minimum absolute atomic E-state index is 0. The number of aryl methyl sites for hydroxylation is 1. The van der Waals surface area contributed by atoms with Gasteiger partial charge in [0.25, 0.3) is 0 Å². The van der Waals surface area contributed by atoms with Crippen molar-refractivity contribution in [3.8, 4) is 0 Å². The van der Waals surface area contributed by atoms with Crippen LogP contribution in [0.2, 0.25) is 0 Å². The van der Waals surface area contributed by atoms with Gasteiger partial charge in [0.2, 0.25) is 0 Å². The van der Waals surface area contributed by atoms with Gasteiger partial charge in [-0.25, -0.2) is 9.67 Å². The lowest BCUT2D eigenvalue weighted by atomic mass is 10.1. The van der Waals surface area contributed by atoms with E-state index in [1.54, 1.807) is 14.2 Å². The molecule has 20 heavy (non-hydrogen) atoms. The average molecular weight is 394 g/mol. The number of aliphatic imine (C=N–C) groups is 1. The van der Waals surface area contributed by atoms with E-state index in [4.69, 9.17) is 4.74 Å². The summed E-state index contributed by atoms with van der Waals surface area (Å²) in [4.78, 5) is 8.66. The first kappa shape index (κ1) is 17.2. The highest BCUT2D eigenvalue weighted by Gasteiger charge is 2.22. The van der Waals surface area contributed by atoms with E-state index in [1.165, 1.54) is 0 Å². The lowest BCUT2D eigenvalue weighted by molar-refractivity contribution is 0.177. The largest absolute Gasteiger partial charge is 0.377 e. The molecule has 1 atom stereocenters. The van der Waals surface area contributed by atoms with Crippen LogP contribution < -0.4 is 10.6 Å². The van der Waals surface area contributed by atoms with E-state index in [0.717, 1.165) is 43.5 Å². The van der Waals surface area contributed by atoms with Gasteiger partial charge in [0.1, 0.15) is 12.4 Å². The SMILES string of the molecule is CCNC(=NC)NC1CCc2nc(COC)nn2C1.I. The van der Waals surface area contributed by atoms with E-state index in [9.17, 15) is 0 Å². The second-order valence-electron chi connectivity index (χ2n) is 4.54. The predicted molar refractivity (Wildman–Crippen MR) is 88.4 cm³/mol. The van der Waals surface area contributed by atoms with Crippen LogP contribution in [0.1, 0.15) is 25.0 Å². The summed E-state index contributed by atoms with van der Waals surface area (Å²) in [7, 11) is 3.44. The molecular formula is C12H23IN6O. The topological polar surface area (TPSA) is 76.4 Å². The Morgan fingerprint density at radius 3 is 3.00 bits per heavy atom. The van der Waals surface area contributed by atoms with Gasteiger partial charge in [0.15, 0.2) is 11.8 Å². The molecule has 2 N–H and O–H groups in total. The summed E-state index contributed by atoms with van der Waals surface area (Å²) in [5.41, 5.74) is 0. The van der Waals surface area contributed by atoms with Crippen LogP contribution in [0.25, 0.3) is 0 Å². The van der Waals surface area contributed by atoms with E-state index in [-0.39, 0.29) is 24.0 Å². The van der Waals surface area contributed by atoms with E-state index >= 15 is 0 Å². The van der Waals surface area contributed by atoms with Crippen molar-refractivity contribution in [3.63, 3.8) is 0 Å². The fraction of sp³-hybridized carbons (Fsp3) is 0.750. The van der Waals surface area contributed by atoms with Crippen LogP contribution in [0.5, 0.6) is 0 Å². The van der Waals surface area contributed by atoms with Crippen LogP contribution in [0.4, 0.5) is 0 Å². The Kier molecular flexibility index (Phi) is 7.20. The fourth-order valence-corrected chi connectivity index (χ4v) is 2.22. The fourth-order valence-electron chi connectivity index (χ4n) is 2.22. The Bertz CT molecular complexity index is 447. The normalized spacial score (nSPS) is 18.1. The Labute approximate surface area is 136 Å². The smallest absolute Gasteiger partial charge is 0.191 e. The molecule has 1 aliphatic rings. The average Bonchev–Trinajstić information content (AvgIpc) is 2.80. The van der Waals surface area contributed by atoms with E-state index < -0.39 is 0 Å². The highest BCUT2D eigenvalue weighted by atomic mass is 127. The molecule has 2 rings (SSSR count). The third kappa shape index (κ3) is 4.30. The zero-order chi connectivity index (χ0) is 13.7. The van der Waals surface area contributed by atoms with Crippen LogP contribution in [0, 0.1) is 0 Å². The minimum Gasteiger partial charge on any atom is -0.377 e. The van der Waals surface area contributed by atoms with Gasteiger partial charge in [0, 0.05) is 33.2 Å². The van der Waals surface area contributed by atoms with Crippen LogP contribution >= 0.6 is 24.0 Å². The lowest BCUT2D eigenvalue weighted by Crippen LogP contribution is -2.47. The molecule has 0 fully saturated rings. The van der Waals surface area contributed by atoms with Crippen molar-refractivity contribution < 1.29 is 4.74 Å². The number of hydrogen-bond donors (Lipinski definition) is 2. The van der Waals surface area contributed by atoms with Crippen molar-refractivity contribution in [3.05, 3.63) is 11.6 Å². The zero-order valence-corrected chi connectivity index (χ0v) is 14.5. The number of guanidine groups is 1. The zero-order valence-electron chi connectivity index (χ0n) is 12.2. The van der Waals surface area contributed by atoms with Crippen LogP contribution in [0.3, 0.4) is 0 Å². The second kappa shape index (κ2) is 8.40. The molecule has 0 bridgehead atoms. The van der Waals surface area contributed by atoms with Crippen LogP contribution in [0.15, 0.2) is 4.99 Å². The number of halogens is 1. The van der Waals surface area contributed by atoms with Gasteiger partial charge in [-0.15, -0.1) is 24.0 Å². The molecule has 1 aliphatic heterocycles. The van der Waals surface area contributed by atoms with E-state index in [0.29, 0.717) is 12.6 Å². The quantitative estimate of drug-likeness (QED) is 0.443. The molecule has 0 aromatic carbocycles. The predicted octanol–water partition coefficient (Wildman–Crippen LogP) is 0.542. The van der Waals surface area contributed by atoms with Gasteiger partial charge >= 0.3 is 0 Å². The Morgan fingerprint density at radius 1 is 1.55 bits per heavy atom. The number of ether oxygens (including phenoxy) is 1. The van der Waals surface area contributed by atoms with E-state index in [1.807, 2.05) is 4.68 Å². The Hall–Kier alpha value is -0.900. The molecule has 0 spiro atoms. The molecule has 1 unspecified atom stereocenters. The number of aromatic nitrogens is 3. The van der Waals surface area contributed by atoms with Crippen molar-refractivity contribution >= 4 is 29.9 Å². The maximum atomic E-state index is 5.06. The van der Waals surface area contributed by atoms with Gasteiger partial charge in [-0.3, -0.25) is 4.99 Å². The molecule has 8 heteroatoms. The molecule has 0 saturated carbocycles. The summed E-state index contributed by atoms with van der Waals surface area (Å²) >= 11 is 0. The number of nitrogens with one attached hydrogen (secondary N) is 2.